The minimum absolute atomic E-state index is 0.224. The van der Waals surface area contributed by atoms with Gasteiger partial charge >= 0.3 is 18.3 Å². The second-order valence-corrected chi connectivity index (χ2v) is 8.49. The van der Waals surface area contributed by atoms with Crippen LogP contribution >= 0.6 is 0 Å². The van der Waals surface area contributed by atoms with E-state index in [1.165, 1.54) is 19.1 Å². The van der Waals surface area contributed by atoms with Crippen molar-refractivity contribution in [1.29, 1.82) is 0 Å². The van der Waals surface area contributed by atoms with Crippen molar-refractivity contribution in [1.82, 2.24) is 0 Å². The van der Waals surface area contributed by atoms with E-state index in [0.29, 0.717) is 0 Å². The van der Waals surface area contributed by atoms with Gasteiger partial charge in [0.1, 0.15) is 16.9 Å². The van der Waals surface area contributed by atoms with Crippen LogP contribution in [0.1, 0.15) is 13.8 Å². The summed E-state index contributed by atoms with van der Waals surface area (Å²) in [5, 5.41) is 0. The highest BCUT2D eigenvalue weighted by atomic mass is 19.4. The Kier molecular flexibility index (Phi) is 2.58. The molecule has 0 aromatic rings. The van der Waals surface area contributed by atoms with E-state index in [4.69, 9.17) is 14.2 Å². The molecular formula is C18H14F6O4. The molecule has 0 N–H and O–H groups in total. The third kappa shape index (κ3) is 1.26. The predicted octanol–water partition coefficient (Wildman–Crippen LogP) is 3.08. The number of hydrogen-bond acceptors (Lipinski definition) is 4. The highest BCUT2D eigenvalue weighted by Gasteiger charge is 3.05. The minimum atomic E-state index is -4.89. The maximum absolute atomic E-state index is 14.6. The average Bonchev–Trinajstić information content (AvgIpc) is 3.04. The Morgan fingerprint density at radius 3 is 2.29 bits per heavy atom. The SMILES string of the molecule is CC(=O)OC12C(C)=C3C4C=CC(O4)C3(C(F)(F)F)C3C4[C@@H](O[C@@H]31)C42C(F)(F)F. The topological polar surface area (TPSA) is 44.8 Å². The molecule has 7 unspecified atom stereocenters. The number of halogens is 6. The number of fused-ring (bicyclic) bond motifs is 5. The second-order valence-electron chi connectivity index (χ2n) is 8.49. The number of hydrogen-bond donors (Lipinski definition) is 0. The van der Waals surface area contributed by atoms with E-state index >= 15 is 0 Å². The van der Waals surface area contributed by atoms with Crippen LogP contribution in [-0.2, 0) is 19.0 Å². The number of esters is 1. The van der Waals surface area contributed by atoms with Crippen LogP contribution < -0.4 is 0 Å². The molecule has 4 nitrogen and oxygen atoms in total. The summed E-state index contributed by atoms with van der Waals surface area (Å²) >= 11 is 0. The van der Waals surface area contributed by atoms with Gasteiger partial charge in [-0.25, -0.2) is 0 Å². The molecule has 3 aliphatic carbocycles. The Labute approximate surface area is 154 Å². The second kappa shape index (κ2) is 4.16. The first-order valence-electron chi connectivity index (χ1n) is 8.92. The molecule has 0 aromatic heterocycles. The van der Waals surface area contributed by atoms with E-state index in [1.54, 1.807) is 0 Å². The van der Waals surface area contributed by atoms with Gasteiger partial charge in [0, 0.05) is 18.8 Å². The fourth-order valence-corrected chi connectivity index (χ4v) is 7.43. The Balaban J connectivity index is 1.72. The highest BCUT2D eigenvalue weighted by molar-refractivity contribution is 5.70. The van der Waals surface area contributed by atoms with Gasteiger partial charge in [-0.1, -0.05) is 12.2 Å². The van der Waals surface area contributed by atoms with Crippen molar-refractivity contribution in [3.8, 4) is 0 Å². The van der Waals surface area contributed by atoms with Gasteiger partial charge in [0.2, 0.25) is 0 Å². The molecule has 0 radical (unpaired) electrons. The first-order chi connectivity index (χ1) is 12.9. The predicted molar refractivity (Wildman–Crippen MR) is 77.6 cm³/mol. The zero-order valence-corrected chi connectivity index (χ0v) is 14.5. The third-order valence-electron chi connectivity index (χ3n) is 7.88. The molecule has 9 atom stereocenters. The lowest BCUT2D eigenvalue weighted by Crippen LogP contribution is -2.63. The van der Waals surface area contributed by atoms with Crippen LogP contribution in [0.3, 0.4) is 0 Å². The summed E-state index contributed by atoms with van der Waals surface area (Å²) in [5.41, 5.74) is -7.97. The Morgan fingerprint density at radius 2 is 1.71 bits per heavy atom. The number of ether oxygens (including phenoxy) is 3. The van der Waals surface area contributed by atoms with Crippen LogP contribution in [0.4, 0.5) is 26.3 Å². The fraction of sp³-hybridized carbons (Fsp3) is 0.722. The van der Waals surface area contributed by atoms with Crippen molar-refractivity contribution in [3.05, 3.63) is 23.3 Å². The van der Waals surface area contributed by atoms with Gasteiger partial charge < -0.3 is 14.2 Å². The van der Waals surface area contributed by atoms with Gasteiger partial charge in [-0.2, -0.15) is 26.3 Å². The molecule has 0 amide bonds. The van der Waals surface area contributed by atoms with Crippen LogP contribution in [0, 0.1) is 22.7 Å². The van der Waals surface area contributed by atoms with Gasteiger partial charge in [-0.05, 0) is 18.1 Å². The molecule has 4 heterocycles. The summed E-state index contributed by atoms with van der Waals surface area (Å²) < 4.78 is 103. The van der Waals surface area contributed by atoms with Gasteiger partial charge in [-0.15, -0.1) is 0 Å². The lowest BCUT2D eigenvalue weighted by atomic mass is 9.55. The third-order valence-corrected chi connectivity index (χ3v) is 7.88. The van der Waals surface area contributed by atoms with Crippen molar-refractivity contribution in [2.75, 3.05) is 0 Å². The lowest BCUT2D eigenvalue weighted by Gasteiger charge is -2.50. The van der Waals surface area contributed by atoms with Crippen molar-refractivity contribution in [2.24, 2.45) is 22.7 Å². The van der Waals surface area contributed by atoms with Crippen molar-refractivity contribution >= 4 is 5.97 Å². The van der Waals surface area contributed by atoms with E-state index in [-0.39, 0.29) is 11.1 Å². The molecule has 8 bridgehead atoms. The summed E-state index contributed by atoms with van der Waals surface area (Å²) in [7, 11) is 0. The summed E-state index contributed by atoms with van der Waals surface area (Å²) in [5.74, 6) is -3.93. The molecular weight excluding hydrogens is 394 g/mol. The largest absolute Gasteiger partial charge is 0.451 e. The summed E-state index contributed by atoms with van der Waals surface area (Å²) in [6.07, 6.45) is -12.5. The molecule has 2 saturated carbocycles. The normalized spacial score (nSPS) is 54.4. The lowest BCUT2D eigenvalue weighted by molar-refractivity contribution is -0.252. The standard InChI is InChI=1S/C18H14F6O4/c1-5-9-7-3-4-8(26-7)14(9,17(19,20)21)10-11-12-15(11,18(22,23)24)16(5,13(10)27-12)28-6(2)25/h3-4,7-8,10-13H,1-2H3/t7?,8?,10?,11?,12-,13+,14?,15?,16?/m1/s1. The van der Waals surface area contributed by atoms with E-state index in [0.717, 1.165) is 6.92 Å². The highest BCUT2D eigenvalue weighted by Crippen LogP contribution is 2.91. The molecule has 3 saturated heterocycles. The van der Waals surface area contributed by atoms with E-state index in [1.807, 2.05) is 0 Å². The smallest absolute Gasteiger partial charge is 0.401 e. The van der Waals surface area contributed by atoms with Gasteiger partial charge in [0.15, 0.2) is 5.60 Å². The number of rotatable bonds is 1. The zero-order valence-electron chi connectivity index (χ0n) is 14.5. The van der Waals surface area contributed by atoms with E-state index in [9.17, 15) is 31.1 Å². The van der Waals surface area contributed by atoms with Crippen LogP contribution in [-0.4, -0.2) is 48.3 Å². The van der Waals surface area contributed by atoms with Gasteiger partial charge in [0.25, 0.3) is 0 Å². The fourth-order valence-electron chi connectivity index (χ4n) is 7.43. The first-order valence-corrected chi connectivity index (χ1v) is 8.92. The molecule has 0 spiro atoms. The number of carbonyl (C=O) groups is 1. The Morgan fingerprint density at radius 1 is 1.04 bits per heavy atom. The Bertz CT molecular complexity index is 905. The zero-order chi connectivity index (χ0) is 20.2. The average molecular weight is 408 g/mol. The summed E-state index contributed by atoms with van der Waals surface area (Å²) in [6, 6.07) is 0. The van der Waals surface area contributed by atoms with E-state index < -0.39 is 71.0 Å². The first kappa shape index (κ1) is 17.3. The molecule has 7 aliphatic rings. The molecule has 7 rings (SSSR count). The maximum atomic E-state index is 14.6. The number of alkyl halides is 6. The van der Waals surface area contributed by atoms with Crippen LogP contribution in [0.2, 0.25) is 0 Å². The van der Waals surface area contributed by atoms with Crippen molar-refractivity contribution in [3.63, 3.8) is 0 Å². The van der Waals surface area contributed by atoms with Gasteiger partial charge in [0.05, 0.1) is 18.3 Å². The quantitative estimate of drug-likeness (QED) is 0.380. The van der Waals surface area contributed by atoms with E-state index in [2.05, 4.69) is 0 Å². The Hall–Kier alpha value is -1.55. The van der Waals surface area contributed by atoms with Crippen molar-refractivity contribution in [2.45, 2.75) is 56.2 Å². The molecule has 28 heavy (non-hydrogen) atoms. The minimum Gasteiger partial charge on any atom is -0.451 e. The molecule has 152 valence electrons. The maximum Gasteiger partial charge on any atom is 0.401 e. The molecule has 10 heteroatoms. The van der Waals surface area contributed by atoms with Crippen LogP contribution in [0.15, 0.2) is 23.3 Å². The molecule has 5 fully saturated rings. The van der Waals surface area contributed by atoms with Crippen LogP contribution in [0.5, 0.6) is 0 Å². The summed E-state index contributed by atoms with van der Waals surface area (Å²) in [6.45, 7) is 2.17. The van der Waals surface area contributed by atoms with Crippen molar-refractivity contribution < 1.29 is 45.3 Å². The molecule has 0 aromatic carbocycles. The number of carbonyl (C=O) groups excluding carboxylic acids is 1. The molecule has 4 aliphatic heterocycles. The van der Waals surface area contributed by atoms with Gasteiger partial charge in [-0.3, -0.25) is 4.79 Å². The summed E-state index contributed by atoms with van der Waals surface area (Å²) in [4.78, 5) is 11.8. The van der Waals surface area contributed by atoms with Crippen LogP contribution in [0.25, 0.3) is 0 Å². The monoisotopic (exact) mass is 408 g/mol.